The largest absolute Gasteiger partial charge is 0.492 e. The molecule has 90 valence electrons. The van der Waals surface area contributed by atoms with Gasteiger partial charge in [0.15, 0.2) is 0 Å². The van der Waals surface area contributed by atoms with E-state index < -0.39 is 0 Å². The van der Waals surface area contributed by atoms with E-state index in [9.17, 15) is 0 Å². The second-order valence-corrected chi connectivity index (χ2v) is 4.11. The molecule has 2 aromatic rings. The molecule has 0 aliphatic carbocycles. The van der Waals surface area contributed by atoms with Crippen LogP contribution in [0, 0.1) is 0 Å². The average molecular weight is 251 g/mol. The van der Waals surface area contributed by atoms with Crippen LogP contribution in [0.3, 0.4) is 0 Å². The van der Waals surface area contributed by atoms with Crippen LogP contribution in [0.15, 0.2) is 30.5 Å². The second-order valence-electron chi connectivity index (χ2n) is 3.67. The van der Waals surface area contributed by atoms with Crippen molar-refractivity contribution in [1.29, 1.82) is 0 Å². The van der Waals surface area contributed by atoms with E-state index in [1.165, 1.54) is 0 Å². The minimum atomic E-state index is 0.648. The van der Waals surface area contributed by atoms with Crippen LogP contribution in [0.1, 0.15) is 6.92 Å². The number of benzene rings is 1. The van der Waals surface area contributed by atoms with Gasteiger partial charge >= 0.3 is 0 Å². The van der Waals surface area contributed by atoms with Crippen LogP contribution in [0.4, 0.5) is 0 Å². The normalized spacial score (nSPS) is 10.7. The first kappa shape index (κ1) is 12.1. The van der Waals surface area contributed by atoms with Gasteiger partial charge in [0.05, 0.1) is 5.52 Å². The number of nitrogens with zero attached hydrogens (tertiary/aromatic N) is 1. The minimum Gasteiger partial charge on any atom is -0.492 e. The summed E-state index contributed by atoms with van der Waals surface area (Å²) < 4.78 is 5.72. The number of aromatic nitrogens is 1. The maximum absolute atomic E-state index is 5.93. The fourth-order valence-electron chi connectivity index (χ4n) is 1.63. The van der Waals surface area contributed by atoms with Crippen molar-refractivity contribution < 1.29 is 4.74 Å². The van der Waals surface area contributed by atoms with E-state index in [-0.39, 0.29) is 0 Å². The van der Waals surface area contributed by atoms with Crippen LogP contribution >= 0.6 is 11.6 Å². The Morgan fingerprint density at radius 2 is 2.24 bits per heavy atom. The smallest absolute Gasteiger partial charge is 0.130 e. The van der Waals surface area contributed by atoms with Crippen LogP contribution < -0.4 is 10.1 Å². The maximum atomic E-state index is 5.93. The van der Waals surface area contributed by atoms with E-state index in [4.69, 9.17) is 16.3 Å². The lowest BCUT2D eigenvalue weighted by molar-refractivity contribution is 0.319. The van der Waals surface area contributed by atoms with Crippen molar-refractivity contribution in [3.63, 3.8) is 0 Å². The third-order valence-electron chi connectivity index (χ3n) is 2.45. The highest BCUT2D eigenvalue weighted by Crippen LogP contribution is 2.25. The molecule has 0 aliphatic heterocycles. The van der Waals surface area contributed by atoms with Gasteiger partial charge in [-0.05, 0) is 30.8 Å². The first-order valence-electron chi connectivity index (χ1n) is 5.69. The van der Waals surface area contributed by atoms with E-state index in [1.54, 1.807) is 6.20 Å². The van der Waals surface area contributed by atoms with E-state index in [2.05, 4.69) is 17.2 Å². The molecule has 1 N–H and O–H groups in total. The molecule has 1 heterocycles. The van der Waals surface area contributed by atoms with Crippen molar-refractivity contribution in [3.05, 3.63) is 35.5 Å². The van der Waals surface area contributed by atoms with Crippen LogP contribution in [0.5, 0.6) is 5.75 Å². The van der Waals surface area contributed by atoms with Crippen LogP contribution in [0.2, 0.25) is 5.02 Å². The molecule has 0 atom stereocenters. The summed E-state index contributed by atoms with van der Waals surface area (Å²) in [7, 11) is 0. The molecule has 17 heavy (non-hydrogen) atoms. The van der Waals surface area contributed by atoms with Crippen LogP contribution in [0.25, 0.3) is 10.9 Å². The molecule has 0 amide bonds. The molecule has 2 rings (SSSR count). The van der Waals surface area contributed by atoms with Gasteiger partial charge in [0.2, 0.25) is 0 Å². The molecule has 0 saturated carbocycles. The Balaban J connectivity index is 2.16. The molecule has 1 aromatic carbocycles. The molecule has 0 spiro atoms. The molecule has 0 saturated heterocycles. The molecular weight excluding hydrogens is 236 g/mol. The molecular formula is C13H15ClN2O. The lowest BCUT2D eigenvalue weighted by atomic mass is 10.2. The van der Waals surface area contributed by atoms with Crippen molar-refractivity contribution in [2.24, 2.45) is 0 Å². The molecule has 0 radical (unpaired) electrons. The molecule has 0 fully saturated rings. The zero-order chi connectivity index (χ0) is 12.1. The van der Waals surface area contributed by atoms with Crippen molar-refractivity contribution in [1.82, 2.24) is 10.3 Å². The third-order valence-corrected chi connectivity index (χ3v) is 2.69. The lowest BCUT2D eigenvalue weighted by Crippen LogP contribution is -2.20. The highest BCUT2D eigenvalue weighted by Gasteiger charge is 2.03. The van der Waals surface area contributed by atoms with Gasteiger partial charge in [0.25, 0.3) is 0 Å². The Morgan fingerprint density at radius 1 is 1.35 bits per heavy atom. The summed E-state index contributed by atoms with van der Waals surface area (Å²) in [5.74, 6) is 0.851. The highest BCUT2D eigenvalue weighted by molar-refractivity contribution is 6.31. The van der Waals surface area contributed by atoms with Gasteiger partial charge in [0.1, 0.15) is 12.4 Å². The van der Waals surface area contributed by atoms with Crippen molar-refractivity contribution >= 4 is 22.5 Å². The number of hydrogen-bond acceptors (Lipinski definition) is 3. The predicted molar refractivity (Wildman–Crippen MR) is 70.8 cm³/mol. The van der Waals surface area contributed by atoms with Gasteiger partial charge in [-0.25, -0.2) is 0 Å². The summed E-state index contributed by atoms with van der Waals surface area (Å²) in [5.41, 5.74) is 0.860. The molecule has 0 unspecified atom stereocenters. The Morgan fingerprint density at radius 3 is 3.06 bits per heavy atom. The SMILES string of the molecule is CCNCCOc1ccnc2cc(Cl)ccc12. The van der Waals surface area contributed by atoms with Crippen LogP contribution in [-0.4, -0.2) is 24.7 Å². The summed E-state index contributed by atoms with van der Waals surface area (Å²) >= 11 is 5.93. The van der Waals surface area contributed by atoms with Crippen molar-refractivity contribution in [2.75, 3.05) is 19.7 Å². The zero-order valence-corrected chi connectivity index (χ0v) is 10.5. The summed E-state index contributed by atoms with van der Waals surface area (Å²) in [6, 6.07) is 7.51. The van der Waals surface area contributed by atoms with Gasteiger partial charge in [-0.3, -0.25) is 4.98 Å². The molecule has 3 nitrogen and oxygen atoms in total. The number of rotatable bonds is 5. The average Bonchev–Trinajstić information content (AvgIpc) is 2.34. The van der Waals surface area contributed by atoms with Crippen LogP contribution in [-0.2, 0) is 0 Å². The minimum absolute atomic E-state index is 0.648. The Bertz CT molecular complexity index is 502. The topological polar surface area (TPSA) is 34.1 Å². The van der Waals surface area contributed by atoms with Gasteiger partial charge in [-0.1, -0.05) is 18.5 Å². The van der Waals surface area contributed by atoms with Gasteiger partial charge in [0, 0.05) is 23.2 Å². The standard InChI is InChI=1S/C13H15ClN2O/c1-2-15-7-8-17-13-5-6-16-12-9-10(14)3-4-11(12)13/h3-6,9,15H,2,7-8H2,1H3. The van der Waals surface area contributed by atoms with Gasteiger partial charge in [-0.15, -0.1) is 0 Å². The zero-order valence-electron chi connectivity index (χ0n) is 9.74. The monoisotopic (exact) mass is 250 g/mol. The quantitative estimate of drug-likeness (QED) is 0.829. The maximum Gasteiger partial charge on any atom is 0.130 e. The first-order valence-corrected chi connectivity index (χ1v) is 6.07. The number of pyridine rings is 1. The summed E-state index contributed by atoms with van der Waals surface area (Å²) in [6.07, 6.45) is 1.74. The molecule has 1 aromatic heterocycles. The summed E-state index contributed by atoms with van der Waals surface area (Å²) in [6.45, 7) is 4.52. The van der Waals surface area contributed by atoms with Crippen molar-refractivity contribution in [2.45, 2.75) is 6.92 Å². The van der Waals surface area contributed by atoms with E-state index in [0.717, 1.165) is 29.7 Å². The Hall–Kier alpha value is -1.32. The lowest BCUT2D eigenvalue weighted by Gasteiger charge is -2.09. The first-order chi connectivity index (χ1) is 8.31. The molecule has 4 heteroatoms. The van der Waals surface area contributed by atoms with E-state index >= 15 is 0 Å². The Labute approximate surface area is 106 Å². The molecule has 0 aliphatic rings. The van der Waals surface area contributed by atoms with E-state index in [1.807, 2.05) is 24.3 Å². The molecule has 0 bridgehead atoms. The number of halogens is 1. The number of ether oxygens (including phenoxy) is 1. The van der Waals surface area contributed by atoms with Crippen molar-refractivity contribution in [3.8, 4) is 5.75 Å². The number of fused-ring (bicyclic) bond motifs is 1. The fourth-order valence-corrected chi connectivity index (χ4v) is 1.80. The predicted octanol–water partition coefficient (Wildman–Crippen LogP) is 2.88. The highest BCUT2D eigenvalue weighted by atomic mass is 35.5. The fraction of sp³-hybridized carbons (Fsp3) is 0.308. The summed E-state index contributed by atoms with van der Waals surface area (Å²) in [5, 5.41) is 4.90. The van der Waals surface area contributed by atoms with Gasteiger partial charge < -0.3 is 10.1 Å². The number of nitrogens with one attached hydrogen (secondary N) is 1. The number of likely N-dealkylation sites (N-methyl/N-ethyl adjacent to an activating group) is 1. The van der Waals surface area contributed by atoms with E-state index in [0.29, 0.717) is 11.6 Å². The van der Waals surface area contributed by atoms with Gasteiger partial charge in [-0.2, -0.15) is 0 Å². The third kappa shape index (κ3) is 3.08. The Kier molecular flexibility index (Phi) is 4.18. The number of hydrogen-bond donors (Lipinski definition) is 1. The second kappa shape index (κ2) is 5.84. The summed E-state index contributed by atoms with van der Waals surface area (Å²) in [4.78, 5) is 4.27.